The van der Waals surface area contributed by atoms with Crippen molar-refractivity contribution in [2.45, 2.75) is 18.3 Å². The highest BCUT2D eigenvalue weighted by atomic mass is 16.7. The zero-order valence-corrected chi connectivity index (χ0v) is 19.6. The number of imide groups is 1. The molecule has 0 radical (unpaired) electrons. The lowest BCUT2D eigenvalue weighted by Gasteiger charge is -2.26. The van der Waals surface area contributed by atoms with Crippen LogP contribution in [0.2, 0.25) is 0 Å². The second-order valence-electron chi connectivity index (χ2n) is 8.81. The fourth-order valence-corrected chi connectivity index (χ4v) is 5.81. The average Bonchev–Trinajstić information content (AvgIpc) is 3.63. The summed E-state index contributed by atoms with van der Waals surface area (Å²) in [4.78, 5) is 33.9. The maximum atomic E-state index is 13.5. The molecule has 0 aliphatic carbocycles. The van der Waals surface area contributed by atoms with Crippen molar-refractivity contribution in [1.29, 1.82) is 0 Å². The first-order chi connectivity index (χ1) is 17.0. The third kappa shape index (κ3) is 2.89. The molecule has 4 heterocycles. The smallest absolute Gasteiger partial charge is 0.240 e. The molecule has 0 N–H and O–H groups in total. The summed E-state index contributed by atoms with van der Waals surface area (Å²) in [5.41, 5.74) is 1.85. The molecule has 2 bridgehead atoms. The molecule has 0 unspecified atom stereocenters. The summed E-state index contributed by atoms with van der Waals surface area (Å²) in [6, 6.07) is 10.4. The molecule has 4 aliphatic rings. The van der Waals surface area contributed by atoms with Crippen LogP contribution in [0.15, 0.2) is 41.6 Å². The predicted molar refractivity (Wildman–Crippen MR) is 122 cm³/mol. The van der Waals surface area contributed by atoms with Crippen LogP contribution in [0.4, 0.5) is 5.69 Å². The third-order valence-electron chi connectivity index (χ3n) is 7.33. The van der Waals surface area contributed by atoms with Crippen molar-refractivity contribution >= 4 is 23.2 Å². The number of amides is 2. The van der Waals surface area contributed by atoms with E-state index in [4.69, 9.17) is 28.5 Å². The van der Waals surface area contributed by atoms with Crippen LogP contribution in [0.25, 0.3) is 0 Å². The number of carbonyl (C=O) groups excluding carboxylic acids is 2. The van der Waals surface area contributed by atoms with Crippen molar-refractivity contribution in [3.8, 4) is 23.0 Å². The highest BCUT2D eigenvalue weighted by Crippen LogP contribution is 2.55. The monoisotopic (exact) mass is 480 g/mol. The number of hydrogen-bond donors (Lipinski definition) is 0. The summed E-state index contributed by atoms with van der Waals surface area (Å²) in [6.07, 6.45) is -1.55. The maximum Gasteiger partial charge on any atom is 0.240 e. The van der Waals surface area contributed by atoms with Crippen molar-refractivity contribution in [1.82, 2.24) is 0 Å². The second kappa shape index (κ2) is 7.88. The van der Waals surface area contributed by atoms with Crippen molar-refractivity contribution in [2.24, 2.45) is 22.9 Å². The fraction of sp³-hybridized carbons (Fsp3) is 0.400. The molecular formula is C25H24N2O8. The van der Waals surface area contributed by atoms with Crippen molar-refractivity contribution in [3.63, 3.8) is 0 Å². The summed E-state index contributed by atoms with van der Waals surface area (Å²) in [5.74, 6) is -0.00294. The Morgan fingerprint density at radius 1 is 0.771 bits per heavy atom. The van der Waals surface area contributed by atoms with Crippen molar-refractivity contribution in [2.75, 3.05) is 33.3 Å². The number of hydrogen-bond acceptors (Lipinski definition) is 9. The van der Waals surface area contributed by atoms with Crippen LogP contribution < -0.4 is 23.8 Å². The van der Waals surface area contributed by atoms with E-state index in [-0.39, 0.29) is 17.7 Å². The second-order valence-corrected chi connectivity index (χ2v) is 8.81. The quantitative estimate of drug-likeness (QED) is 0.579. The minimum absolute atomic E-state index is 0.271. The zero-order chi connectivity index (χ0) is 24.4. The maximum absolute atomic E-state index is 13.5. The first-order valence-electron chi connectivity index (χ1n) is 11.2. The molecule has 3 saturated heterocycles. The summed E-state index contributed by atoms with van der Waals surface area (Å²) in [7, 11) is 6.18. The van der Waals surface area contributed by atoms with Gasteiger partial charge in [-0.25, -0.2) is 4.90 Å². The van der Waals surface area contributed by atoms with Crippen LogP contribution in [-0.2, 0) is 19.2 Å². The van der Waals surface area contributed by atoms with E-state index in [2.05, 4.69) is 5.16 Å². The third-order valence-corrected chi connectivity index (χ3v) is 7.33. The van der Waals surface area contributed by atoms with Gasteiger partial charge >= 0.3 is 0 Å². The van der Waals surface area contributed by atoms with E-state index >= 15 is 0 Å². The molecule has 0 saturated carbocycles. The minimum Gasteiger partial charge on any atom is -0.497 e. The van der Waals surface area contributed by atoms with Gasteiger partial charge in [0, 0.05) is 5.56 Å². The summed E-state index contributed by atoms with van der Waals surface area (Å²) in [5, 5.41) is 4.35. The lowest BCUT2D eigenvalue weighted by atomic mass is 9.71. The molecule has 6 rings (SSSR count). The minimum atomic E-state index is -0.607. The number of fused-ring (bicyclic) bond motifs is 8. The van der Waals surface area contributed by atoms with Gasteiger partial charge < -0.3 is 28.5 Å². The average molecular weight is 480 g/mol. The van der Waals surface area contributed by atoms with E-state index in [0.29, 0.717) is 40.0 Å². The van der Waals surface area contributed by atoms with Gasteiger partial charge in [-0.15, -0.1) is 0 Å². The Kier molecular flexibility index (Phi) is 4.89. The fourth-order valence-electron chi connectivity index (χ4n) is 5.81. The van der Waals surface area contributed by atoms with Crippen LogP contribution in [0, 0.1) is 17.8 Å². The Hall–Kier alpha value is -3.79. The molecule has 2 aromatic carbocycles. The number of ether oxygens (including phenoxy) is 5. The molecular weight excluding hydrogens is 456 g/mol. The van der Waals surface area contributed by atoms with Gasteiger partial charge in [0.25, 0.3) is 0 Å². The molecule has 10 nitrogen and oxygen atoms in total. The number of rotatable bonds is 6. The predicted octanol–water partition coefficient (Wildman–Crippen LogP) is 2.03. The Labute approximate surface area is 201 Å². The number of anilines is 1. The van der Waals surface area contributed by atoms with Gasteiger partial charge in [0.1, 0.15) is 11.9 Å². The number of nitrogens with zero attached hydrogens (tertiary/aromatic N) is 2. The summed E-state index contributed by atoms with van der Waals surface area (Å²) < 4.78 is 27.8. The first kappa shape index (κ1) is 21.7. The van der Waals surface area contributed by atoms with Gasteiger partial charge in [0.05, 0.1) is 63.7 Å². The van der Waals surface area contributed by atoms with Gasteiger partial charge in [0.15, 0.2) is 17.6 Å². The summed E-state index contributed by atoms with van der Waals surface area (Å²) in [6.45, 7) is 0. The molecule has 6 atom stereocenters. The Balaban J connectivity index is 1.33. The van der Waals surface area contributed by atoms with E-state index in [9.17, 15) is 9.59 Å². The molecule has 4 aliphatic heterocycles. The molecule has 2 aromatic rings. The molecule has 35 heavy (non-hydrogen) atoms. The van der Waals surface area contributed by atoms with Gasteiger partial charge in [-0.3, -0.25) is 9.59 Å². The molecule has 0 spiro atoms. The van der Waals surface area contributed by atoms with Crippen molar-refractivity contribution in [3.05, 3.63) is 42.0 Å². The first-order valence-corrected chi connectivity index (χ1v) is 11.2. The largest absolute Gasteiger partial charge is 0.497 e. The highest BCUT2D eigenvalue weighted by Gasteiger charge is 2.72. The Bertz CT molecular complexity index is 1220. The zero-order valence-electron chi connectivity index (χ0n) is 19.6. The van der Waals surface area contributed by atoms with E-state index in [1.54, 1.807) is 57.7 Å². The number of methoxy groups -OCH3 is 4. The summed E-state index contributed by atoms with van der Waals surface area (Å²) >= 11 is 0. The van der Waals surface area contributed by atoms with Crippen LogP contribution in [-0.4, -0.2) is 64.3 Å². The molecule has 10 heteroatoms. The highest BCUT2D eigenvalue weighted by molar-refractivity contribution is 6.23. The Morgan fingerprint density at radius 3 is 1.97 bits per heavy atom. The lowest BCUT2D eigenvalue weighted by Crippen LogP contribution is -2.45. The van der Waals surface area contributed by atoms with Crippen LogP contribution in [0.1, 0.15) is 5.56 Å². The molecule has 182 valence electrons. The van der Waals surface area contributed by atoms with E-state index in [1.165, 1.54) is 12.0 Å². The van der Waals surface area contributed by atoms with Crippen molar-refractivity contribution < 1.29 is 38.1 Å². The molecule has 0 aromatic heterocycles. The normalized spacial score (nSPS) is 30.1. The topological polar surface area (TPSA) is 105 Å². The van der Waals surface area contributed by atoms with E-state index < -0.39 is 30.1 Å². The standard InChI is InChI=1S/C25H24N2O8/c1-30-13-7-5-12(6-8-13)27-24(28)16-17(25(27)29)22-23-18(21(16)34-22)19(26-35-23)11-9-14(31-2)20(33-4)15(10-11)32-3/h5-10,16-18,21-23H,1-4H3/t16-,17+,18-,21-,22+,23-/m1/s1. The van der Waals surface area contributed by atoms with Crippen LogP contribution in [0.5, 0.6) is 23.0 Å². The van der Waals surface area contributed by atoms with E-state index in [1.807, 2.05) is 0 Å². The van der Waals surface area contributed by atoms with Gasteiger partial charge in [-0.2, -0.15) is 0 Å². The van der Waals surface area contributed by atoms with Crippen LogP contribution >= 0.6 is 0 Å². The van der Waals surface area contributed by atoms with E-state index in [0.717, 1.165) is 0 Å². The van der Waals surface area contributed by atoms with Gasteiger partial charge in [-0.05, 0) is 36.4 Å². The number of benzene rings is 2. The molecule has 2 amide bonds. The number of carbonyl (C=O) groups is 2. The number of oxime groups is 1. The Morgan fingerprint density at radius 2 is 1.40 bits per heavy atom. The lowest BCUT2D eigenvalue weighted by molar-refractivity contribution is -0.125. The van der Waals surface area contributed by atoms with Crippen LogP contribution in [0.3, 0.4) is 0 Å². The molecule has 3 fully saturated rings. The van der Waals surface area contributed by atoms with Gasteiger partial charge in [-0.1, -0.05) is 5.16 Å². The van der Waals surface area contributed by atoms with Gasteiger partial charge in [0.2, 0.25) is 17.6 Å². The SMILES string of the molecule is COc1ccc(N2C(=O)[C@@H]3[C@@H]4O[C@@H]([C@H]5C(c6cc(OC)c(OC)c(OC)c6)=NO[C@@H]45)[C@@H]3C2=O)cc1.